The fourth-order valence-electron chi connectivity index (χ4n) is 1.06. The van der Waals surface area contributed by atoms with Gasteiger partial charge < -0.3 is 4.74 Å². The molecule has 82 valence electrons. The van der Waals surface area contributed by atoms with Crippen LogP contribution in [0, 0.1) is 11.6 Å². The van der Waals surface area contributed by atoms with Crippen LogP contribution in [0.25, 0.3) is 0 Å². The highest BCUT2D eigenvalue weighted by Gasteiger charge is 2.12. The highest BCUT2D eigenvalue weighted by Crippen LogP contribution is 2.19. The molecule has 0 spiro atoms. The Morgan fingerprint density at radius 1 is 1.40 bits per heavy atom. The first kappa shape index (κ1) is 11.6. The van der Waals surface area contributed by atoms with Gasteiger partial charge in [-0.25, -0.2) is 4.39 Å². The fourth-order valence-corrected chi connectivity index (χ4v) is 1.06. The van der Waals surface area contributed by atoms with Crippen molar-refractivity contribution in [1.82, 2.24) is 0 Å². The summed E-state index contributed by atoms with van der Waals surface area (Å²) in [5.41, 5.74) is 0. The molecule has 0 saturated carbocycles. The number of benzene rings is 1. The van der Waals surface area contributed by atoms with Crippen LogP contribution >= 0.6 is 0 Å². The van der Waals surface area contributed by atoms with Crippen molar-refractivity contribution in [1.29, 1.82) is 0 Å². The van der Waals surface area contributed by atoms with Crippen LogP contribution in [-0.4, -0.2) is 5.97 Å². The van der Waals surface area contributed by atoms with Gasteiger partial charge in [0.15, 0.2) is 11.6 Å². The average molecular weight is 214 g/mol. The molecule has 0 aliphatic rings. The van der Waals surface area contributed by atoms with Gasteiger partial charge in [-0.15, -0.1) is 0 Å². The largest absolute Gasteiger partial charge is 0.423 e. The number of unbranched alkanes of at least 4 members (excludes halogenated alkanes) is 1. The van der Waals surface area contributed by atoms with E-state index < -0.39 is 17.6 Å². The van der Waals surface area contributed by atoms with Gasteiger partial charge in [-0.1, -0.05) is 19.4 Å². The standard InChI is InChI=1S/C11H12F2O2/c1-2-3-7-10(14)15-9-6-4-5-8(12)11(9)13/h4-6H,2-3,7H2,1H3. The van der Waals surface area contributed by atoms with Crippen LogP contribution in [0.3, 0.4) is 0 Å². The molecule has 4 heteroatoms. The van der Waals surface area contributed by atoms with Crippen molar-refractivity contribution in [3.63, 3.8) is 0 Å². The highest BCUT2D eigenvalue weighted by atomic mass is 19.2. The second kappa shape index (κ2) is 5.44. The summed E-state index contributed by atoms with van der Waals surface area (Å²) < 4.78 is 30.4. The van der Waals surface area contributed by atoms with E-state index in [-0.39, 0.29) is 12.2 Å². The summed E-state index contributed by atoms with van der Waals surface area (Å²) >= 11 is 0. The molecule has 1 aromatic carbocycles. The average Bonchev–Trinajstić information content (AvgIpc) is 2.22. The van der Waals surface area contributed by atoms with Gasteiger partial charge >= 0.3 is 5.97 Å². The molecule has 0 heterocycles. The smallest absolute Gasteiger partial charge is 0.311 e. The topological polar surface area (TPSA) is 26.3 Å². The van der Waals surface area contributed by atoms with Crippen molar-refractivity contribution >= 4 is 5.97 Å². The van der Waals surface area contributed by atoms with Gasteiger partial charge in [0.25, 0.3) is 0 Å². The molecule has 0 bridgehead atoms. The molecule has 0 N–H and O–H groups in total. The van der Waals surface area contributed by atoms with Crippen LogP contribution in [0.4, 0.5) is 8.78 Å². The lowest BCUT2D eigenvalue weighted by Gasteiger charge is -2.04. The van der Waals surface area contributed by atoms with Crippen LogP contribution in [0.15, 0.2) is 18.2 Å². The SMILES string of the molecule is CCCCC(=O)Oc1cccc(F)c1F. The number of rotatable bonds is 4. The minimum Gasteiger partial charge on any atom is -0.423 e. The van der Waals surface area contributed by atoms with Gasteiger partial charge in [0.05, 0.1) is 0 Å². The Morgan fingerprint density at radius 2 is 2.13 bits per heavy atom. The quantitative estimate of drug-likeness (QED) is 0.568. The molecule has 2 nitrogen and oxygen atoms in total. The molecule has 15 heavy (non-hydrogen) atoms. The molecule has 0 fully saturated rings. The van der Waals surface area contributed by atoms with Crippen molar-refractivity contribution in [3.8, 4) is 5.75 Å². The molecule has 0 aliphatic heterocycles. The van der Waals surface area contributed by atoms with Crippen LogP contribution in [0.5, 0.6) is 5.75 Å². The molecular weight excluding hydrogens is 202 g/mol. The van der Waals surface area contributed by atoms with Crippen molar-refractivity contribution in [2.75, 3.05) is 0 Å². The molecule has 1 rings (SSSR count). The Morgan fingerprint density at radius 3 is 2.80 bits per heavy atom. The zero-order valence-corrected chi connectivity index (χ0v) is 8.43. The predicted octanol–water partition coefficient (Wildman–Crippen LogP) is 3.06. The molecule has 0 unspecified atom stereocenters. The van der Waals surface area contributed by atoms with E-state index in [9.17, 15) is 13.6 Å². The number of hydrogen-bond acceptors (Lipinski definition) is 2. The summed E-state index contributed by atoms with van der Waals surface area (Å²) in [6.45, 7) is 1.93. The first-order valence-corrected chi connectivity index (χ1v) is 4.80. The normalized spacial score (nSPS) is 10.1. The Balaban J connectivity index is 2.64. The molecule has 0 atom stereocenters. The van der Waals surface area contributed by atoms with E-state index in [4.69, 9.17) is 0 Å². The Bertz CT molecular complexity index is 350. The van der Waals surface area contributed by atoms with E-state index in [0.717, 1.165) is 12.5 Å². The number of esters is 1. The number of ether oxygens (including phenoxy) is 1. The summed E-state index contributed by atoms with van der Waals surface area (Å²) in [4.78, 5) is 11.1. The van der Waals surface area contributed by atoms with E-state index in [1.807, 2.05) is 6.92 Å². The van der Waals surface area contributed by atoms with Crippen LogP contribution in [-0.2, 0) is 4.79 Å². The third-order valence-corrected chi connectivity index (χ3v) is 1.87. The maximum absolute atomic E-state index is 13.0. The number of halogens is 2. The monoisotopic (exact) mass is 214 g/mol. The van der Waals surface area contributed by atoms with E-state index in [1.165, 1.54) is 12.1 Å². The molecule has 0 aliphatic carbocycles. The third-order valence-electron chi connectivity index (χ3n) is 1.87. The minimum atomic E-state index is -1.12. The summed E-state index contributed by atoms with van der Waals surface area (Å²) in [6.07, 6.45) is 1.74. The van der Waals surface area contributed by atoms with Gasteiger partial charge in [-0.05, 0) is 18.6 Å². The molecule has 0 radical (unpaired) electrons. The fraction of sp³-hybridized carbons (Fsp3) is 0.364. The van der Waals surface area contributed by atoms with Crippen molar-refractivity contribution in [2.24, 2.45) is 0 Å². The van der Waals surface area contributed by atoms with Gasteiger partial charge in [-0.2, -0.15) is 4.39 Å². The minimum absolute atomic E-state index is 0.215. The Hall–Kier alpha value is -1.45. The van der Waals surface area contributed by atoms with Crippen LogP contribution in [0.1, 0.15) is 26.2 Å². The first-order valence-electron chi connectivity index (χ1n) is 4.80. The van der Waals surface area contributed by atoms with E-state index in [1.54, 1.807) is 0 Å². The maximum Gasteiger partial charge on any atom is 0.311 e. The molecule has 0 amide bonds. The number of hydrogen-bond donors (Lipinski definition) is 0. The lowest BCUT2D eigenvalue weighted by atomic mass is 10.2. The Labute approximate surface area is 86.9 Å². The lowest BCUT2D eigenvalue weighted by molar-refractivity contribution is -0.134. The van der Waals surface area contributed by atoms with Gasteiger partial charge in [0.1, 0.15) is 0 Å². The number of carbonyl (C=O) groups excluding carboxylic acids is 1. The summed E-state index contributed by atoms with van der Waals surface area (Å²) in [5, 5.41) is 0. The second-order valence-corrected chi connectivity index (χ2v) is 3.13. The van der Waals surface area contributed by atoms with E-state index >= 15 is 0 Å². The second-order valence-electron chi connectivity index (χ2n) is 3.13. The summed E-state index contributed by atoms with van der Waals surface area (Å²) in [7, 11) is 0. The van der Waals surface area contributed by atoms with Gasteiger partial charge in [0, 0.05) is 6.42 Å². The van der Waals surface area contributed by atoms with Crippen LogP contribution < -0.4 is 4.74 Å². The van der Waals surface area contributed by atoms with Crippen molar-refractivity contribution in [2.45, 2.75) is 26.2 Å². The highest BCUT2D eigenvalue weighted by molar-refractivity contribution is 5.72. The van der Waals surface area contributed by atoms with Gasteiger partial charge in [0.2, 0.25) is 5.82 Å². The van der Waals surface area contributed by atoms with E-state index in [0.29, 0.717) is 6.42 Å². The molecule has 0 saturated heterocycles. The Kier molecular flexibility index (Phi) is 4.21. The van der Waals surface area contributed by atoms with Crippen molar-refractivity contribution < 1.29 is 18.3 Å². The summed E-state index contributed by atoms with van der Waals surface area (Å²) in [5.74, 6) is -3.03. The zero-order valence-electron chi connectivity index (χ0n) is 8.43. The zero-order chi connectivity index (χ0) is 11.3. The van der Waals surface area contributed by atoms with Gasteiger partial charge in [-0.3, -0.25) is 4.79 Å². The maximum atomic E-state index is 13.0. The van der Waals surface area contributed by atoms with Crippen LogP contribution in [0.2, 0.25) is 0 Å². The predicted molar refractivity (Wildman–Crippen MR) is 51.5 cm³/mol. The van der Waals surface area contributed by atoms with Crippen molar-refractivity contribution in [3.05, 3.63) is 29.8 Å². The first-order chi connectivity index (χ1) is 7.15. The molecule has 1 aromatic rings. The molecular formula is C11H12F2O2. The summed E-state index contributed by atoms with van der Waals surface area (Å²) in [6, 6.07) is 3.49. The molecule has 0 aromatic heterocycles. The third kappa shape index (κ3) is 3.31. The lowest BCUT2D eigenvalue weighted by Crippen LogP contribution is -2.09. The number of carbonyl (C=O) groups is 1. The van der Waals surface area contributed by atoms with E-state index in [2.05, 4.69) is 4.74 Å².